The van der Waals surface area contributed by atoms with E-state index in [9.17, 15) is 4.79 Å². The van der Waals surface area contributed by atoms with Crippen LogP contribution < -0.4 is 5.32 Å². The highest BCUT2D eigenvalue weighted by Gasteiger charge is 2.20. The third-order valence-corrected chi connectivity index (χ3v) is 3.44. The largest absolute Gasteiger partial charge is 0.481 e. The molecule has 1 aromatic heterocycles. The molecule has 1 saturated carbocycles. The molecular weight excluding hydrogens is 294 g/mol. The second-order valence-corrected chi connectivity index (χ2v) is 5.22. The van der Waals surface area contributed by atoms with Gasteiger partial charge in [-0.3, -0.25) is 14.6 Å². The van der Waals surface area contributed by atoms with Gasteiger partial charge >= 0.3 is 0 Å². The van der Waals surface area contributed by atoms with E-state index < -0.39 is 5.97 Å². The van der Waals surface area contributed by atoms with Gasteiger partial charge in [0.2, 0.25) is 5.91 Å². The Hall–Kier alpha value is -1.69. The topological polar surface area (TPSA) is 92.2 Å². The van der Waals surface area contributed by atoms with Crippen LogP contribution in [0.2, 0.25) is 5.15 Å². The number of aliphatic carboxylic acids is 1. The number of amides is 1. The van der Waals surface area contributed by atoms with E-state index in [1.165, 1.54) is 12.6 Å². The van der Waals surface area contributed by atoms with Crippen LogP contribution >= 0.6 is 11.6 Å². The van der Waals surface area contributed by atoms with Crippen LogP contribution in [0.25, 0.3) is 0 Å². The van der Waals surface area contributed by atoms with Gasteiger partial charge in [0, 0.05) is 25.2 Å². The minimum absolute atomic E-state index is 0.117. The normalized spacial score (nSPS) is 14.8. The number of hydrogen-bond donors (Lipinski definition) is 2. The molecule has 1 aliphatic carbocycles. The van der Waals surface area contributed by atoms with E-state index in [-0.39, 0.29) is 11.8 Å². The molecule has 0 spiro atoms. The second-order valence-electron chi connectivity index (χ2n) is 4.87. The summed E-state index contributed by atoms with van der Waals surface area (Å²) in [6.45, 7) is 1.45. The van der Waals surface area contributed by atoms with Gasteiger partial charge in [0.15, 0.2) is 5.15 Å². The number of nitrogens with zero attached hydrogens (tertiary/aromatic N) is 2. The zero-order valence-electron chi connectivity index (χ0n) is 12.0. The maximum atomic E-state index is 11.9. The molecule has 0 bridgehead atoms. The van der Waals surface area contributed by atoms with E-state index in [1.54, 1.807) is 6.20 Å². The lowest BCUT2D eigenvalue weighted by atomic mass is 9.89. The Morgan fingerprint density at radius 3 is 2.43 bits per heavy atom. The monoisotopic (exact) mass is 313 g/mol. The summed E-state index contributed by atoms with van der Waals surface area (Å²) in [5.41, 5.74) is 0.623. The first-order chi connectivity index (χ1) is 10.0. The van der Waals surface area contributed by atoms with Crippen LogP contribution in [0.5, 0.6) is 0 Å². The lowest BCUT2D eigenvalue weighted by Gasteiger charge is -2.20. The quantitative estimate of drug-likeness (QED) is 0.894. The van der Waals surface area contributed by atoms with Crippen LogP contribution in [0.4, 0.5) is 0 Å². The van der Waals surface area contributed by atoms with Crippen molar-refractivity contribution in [3.8, 4) is 0 Å². The Balaban J connectivity index is 0.000000491. The Morgan fingerprint density at radius 2 is 1.86 bits per heavy atom. The van der Waals surface area contributed by atoms with E-state index >= 15 is 0 Å². The number of carbonyl (C=O) groups is 2. The maximum Gasteiger partial charge on any atom is 0.300 e. The number of nitrogens with one attached hydrogen (secondary N) is 1. The third-order valence-electron chi connectivity index (χ3n) is 3.13. The molecule has 2 rings (SSSR count). The highest BCUT2D eigenvalue weighted by Crippen LogP contribution is 2.23. The summed E-state index contributed by atoms with van der Waals surface area (Å²) >= 11 is 5.87. The van der Waals surface area contributed by atoms with Gasteiger partial charge in [-0.1, -0.05) is 30.9 Å². The number of carbonyl (C=O) groups excluding carboxylic acids is 1. The Morgan fingerprint density at radius 1 is 1.29 bits per heavy atom. The molecule has 1 fully saturated rings. The van der Waals surface area contributed by atoms with Crippen molar-refractivity contribution >= 4 is 23.5 Å². The minimum Gasteiger partial charge on any atom is -0.481 e. The number of aromatic nitrogens is 2. The minimum atomic E-state index is -0.833. The van der Waals surface area contributed by atoms with Crippen LogP contribution in [0.1, 0.15) is 44.7 Å². The molecule has 21 heavy (non-hydrogen) atoms. The van der Waals surface area contributed by atoms with E-state index in [0.29, 0.717) is 17.4 Å². The summed E-state index contributed by atoms with van der Waals surface area (Å²) in [5, 5.41) is 10.7. The second kappa shape index (κ2) is 9.28. The van der Waals surface area contributed by atoms with Crippen molar-refractivity contribution in [1.29, 1.82) is 0 Å². The average molecular weight is 314 g/mol. The molecule has 0 unspecified atom stereocenters. The van der Waals surface area contributed by atoms with Crippen LogP contribution in [-0.2, 0) is 16.1 Å². The lowest BCUT2D eigenvalue weighted by Crippen LogP contribution is -2.31. The zero-order valence-corrected chi connectivity index (χ0v) is 12.8. The van der Waals surface area contributed by atoms with Gasteiger partial charge in [0.05, 0.1) is 12.2 Å². The van der Waals surface area contributed by atoms with Gasteiger partial charge < -0.3 is 10.4 Å². The molecule has 0 atom stereocenters. The van der Waals surface area contributed by atoms with Crippen LogP contribution in [0.3, 0.4) is 0 Å². The van der Waals surface area contributed by atoms with E-state index in [0.717, 1.165) is 32.6 Å². The fourth-order valence-electron chi connectivity index (χ4n) is 2.15. The van der Waals surface area contributed by atoms with E-state index in [2.05, 4.69) is 15.3 Å². The van der Waals surface area contributed by atoms with Crippen molar-refractivity contribution in [1.82, 2.24) is 15.3 Å². The standard InChI is InChI=1S/C12H16ClN3O.C2H4O2/c13-11-10(14-6-7-15-11)8-16-12(17)9-4-2-1-3-5-9;1-2(3)4/h6-7,9H,1-5,8H2,(H,16,17);1H3,(H,3,4). The first-order valence-electron chi connectivity index (χ1n) is 6.93. The van der Waals surface area contributed by atoms with Gasteiger partial charge in [-0.25, -0.2) is 4.98 Å². The summed E-state index contributed by atoms with van der Waals surface area (Å²) in [5.74, 6) is -0.550. The van der Waals surface area contributed by atoms with Crippen LogP contribution in [0, 0.1) is 5.92 Å². The predicted molar refractivity (Wildman–Crippen MR) is 78.8 cm³/mol. The first kappa shape index (κ1) is 17.4. The van der Waals surface area contributed by atoms with Gasteiger partial charge in [0.25, 0.3) is 5.97 Å². The summed E-state index contributed by atoms with van der Waals surface area (Å²) in [6, 6.07) is 0. The average Bonchev–Trinajstić information content (AvgIpc) is 2.46. The zero-order chi connectivity index (χ0) is 15.7. The van der Waals surface area contributed by atoms with Crippen molar-refractivity contribution in [3.63, 3.8) is 0 Å². The highest BCUT2D eigenvalue weighted by atomic mass is 35.5. The summed E-state index contributed by atoms with van der Waals surface area (Å²) < 4.78 is 0. The van der Waals surface area contributed by atoms with Crippen LogP contribution in [-0.4, -0.2) is 27.0 Å². The first-order valence-corrected chi connectivity index (χ1v) is 7.31. The van der Waals surface area contributed by atoms with Crippen molar-refractivity contribution < 1.29 is 14.7 Å². The third kappa shape index (κ3) is 7.04. The molecule has 0 radical (unpaired) electrons. The Kier molecular flexibility index (Phi) is 7.68. The fraction of sp³-hybridized carbons (Fsp3) is 0.571. The summed E-state index contributed by atoms with van der Waals surface area (Å²) in [4.78, 5) is 28.9. The number of carboxylic acid groups (broad SMARTS) is 1. The molecule has 1 heterocycles. The number of hydrogen-bond acceptors (Lipinski definition) is 4. The molecule has 1 aromatic rings. The molecule has 1 aliphatic rings. The van der Waals surface area contributed by atoms with Crippen molar-refractivity contribution in [2.24, 2.45) is 5.92 Å². The molecule has 0 aromatic carbocycles. The van der Waals surface area contributed by atoms with Crippen molar-refractivity contribution in [3.05, 3.63) is 23.2 Å². The summed E-state index contributed by atoms with van der Waals surface area (Å²) in [7, 11) is 0. The van der Waals surface area contributed by atoms with Gasteiger partial charge in [-0.15, -0.1) is 0 Å². The smallest absolute Gasteiger partial charge is 0.300 e. The fourth-order valence-corrected chi connectivity index (χ4v) is 2.32. The van der Waals surface area contributed by atoms with Crippen molar-refractivity contribution in [2.75, 3.05) is 0 Å². The maximum absolute atomic E-state index is 11.9. The molecule has 0 saturated heterocycles. The predicted octanol–water partition coefficient (Wildman–Crippen LogP) is 2.42. The van der Waals surface area contributed by atoms with Gasteiger partial charge in [0.1, 0.15) is 0 Å². The molecule has 7 heteroatoms. The van der Waals surface area contributed by atoms with E-state index in [1.807, 2.05) is 0 Å². The molecular formula is C14H20ClN3O3. The summed E-state index contributed by atoms with van der Waals surface area (Å²) in [6.07, 6.45) is 8.68. The van der Waals surface area contributed by atoms with E-state index in [4.69, 9.17) is 21.5 Å². The van der Waals surface area contributed by atoms with Crippen LogP contribution in [0.15, 0.2) is 12.4 Å². The SMILES string of the molecule is CC(=O)O.O=C(NCc1nccnc1Cl)C1CCCCC1. The molecule has 1 amide bonds. The highest BCUT2D eigenvalue weighted by molar-refractivity contribution is 6.29. The molecule has 6 nitrogen and oxygen atoms in total. The number of carboxylic acids is 1. The van der Waals surface area contributed by atoms with Gasteiger partial charge in [-0.05, 0) is 12.8 Å². The molecule has 0 aliphatic heterocycles. The molecule has 116 valence electrons. The molecule has 2 N–H and O–H groups in total. The number of rotatable bonds is 3. The van der Waals surface area contributed by atoms with Gasteiger partial charge in [-0.2, -0.15) is 0 Å². The number of halogens is 1. The Bertz CT molecular complexity index is 472. The van der Waals surface area contributed by atoms with Crippen molar-refractivity contribution in [2.45, 2.75) is 45.6 Å². The Labute approximate surface area is 128 Å². The lowest BCUT2D eigenvalue weighted by molar-refractivity contribution is -0.134.